The molecule has 1 aromatic heterocycles. The number of benzene rings is 1. The molecule has 0 fully saturated rings. The Hall–Kier alpha value is -2.03. The fourth-order valence-electron chi connectivity index (χ4n) is 1.59. The minimum atomic E-state index is -3.68. The van der Waals surface area contributed by atoms with Gasteiger partial charge in [-0.2, -0.15) is 0 Å². The van der Waals surface area contributed by atoms with E-state index in [2.05, 4.69) is 15.6 Å². The smallest absolute Gasteiger partial charge is 0.238 e. The van der Waals surface area contributed by atoms with E-state index in [1.54, 1.807) is 24.5 Å². The molecule has 0 aliphatic carbocycles. The van der Waals surface area contributed by atoms with Gasteiger partial charge in [0.25, 0.3) is 0 Å². The van der Waals surface area contributed by atoms with Gasteiger partial charge in [0.05, 0.1) is 4.90 Å². The molecule has 0 saturated carbocycles. The van der Waals surface area contributed by atoms with Gasteiger partial charge in [-0.05, 0) is 54.2 Å². The Labute approximate surface area is 128 Å². The van der Waals surface area contributed by atoms with Crippen LogP contribution in [0.5, 0.6) is 0 Å². The van der Waals surface area contributed by atoms with Crippen LogP contribution in [-0.4, -0.2) is 18.5 Å². The van der Waals surface area contributed by atoms with Crippen LogP contribution in [0.2, 0.25) is 0 Å². The van der Waals surface area contributed by atoms with Crippen molar-refractivity contribution in [2.45, 2.75) is 11.4 Å². The second-order valence-corrected chi connectivity index (χ2v) is 6.20. The minimum absolute atomic E-state index is 0.0590. The van der Waals surface area contributed by atoms with Crippen LogP contribution in [0.15, 0.2) is 53.7 Å². The molecule has 0 saturated heterocycles. The molecule has 1 aromatic carbocycles. The molecule has 0 atom stereocenters. The van der Waals surface area contributed by atoms with Gasteiger partial charge in [0, 0.05) is 24.6 Å². The highest BCUT2D eigenvalue weighted by molar-refractivity contribution is 7.89. The number of nitrogens with two attached hydrogens (primary N) is 1. The third kappa shape index (κ3) is 4.78. The molecule has 0 amide bonds. The lowest BCUT2D eigenvalue weighted by atomic mass is 10.3. The van der Waals surface area contributed by atoms with Crippen LogP contribution in [0, 0.1) is 0 Å². The molecular formula is C13H14N4O2S2. The Morgan fingerprint density at radius 3 is 2.33 bits per heavy atom. The largest absolute Gasteiger partial charge is 0.358 e. The van der Waals surface area contributed by atoms with Gasteiger partial charge in [-0.25, -0.2) is 13.6 Å². The van der Waals surface area contributed by atoms with Gasteiger partial charge in [0.2, 0.25) is 10.0 Å². The van der Waals surface area contributed by atoms with E-state index in [1.165, 1.54) is 12.1 Å². The van der Waals surface area contributed by atoms with Crippen LogP contribution in [-0.2, 0) is 16.6 Å². The number of thiocarbonyl (C=S) groups is 1. The van der Waals surface area contributed by atoms with Crippen molar-refractivity contribution in [3.63, 3.8) is 0 Å². The summed E-state index contributed by atoms with van der Waals surface area (Å²) in [5.74, 6) is 0. The molecule has 1 heterocycles. The highest BCUT2D eigenvalue weighted by Crippen LogP contribution is 2.12. The maximum atomic E-state index is 11.1. The van der Waals surface area contributed by atoms with Crippen molar-refractivity contribution in [2.75, 3.05) is 5.32 Å². The molecule has 21 heavy (non-hydrogen) atoms. The lowest BCUT2D eigenvalue weighted by Crippen LogP contribution is -2.27. The number of hydrogen-bond donors (Lipinski definition) is 3. The molecule has 6 nitrogen and oxygen atoms in total. The van der Waals surface area contributed by atoms with Gasteiger partial charge < -0.3 is 10.6 Å². The van der Waals surface area contributed by atoms with Crippen LogP contribution in [0.3, 0.4) is 0 Å². The second-order valence-electron chi connectivity index (χ2n) is 4.23. The summed E-state index contributed by atoms with van der Waals surface area (Å²) in [4.78, 5) is 3.99. The summed E-state index contributed by atoms with van der Waals surface area (Å²) < 4.78 is 22.3. The number of nitrogens with zero attached hydrogens (tertiary/aromatic N) is 1. The Morgan fingerprint density at radius 1 is 1.14 bits per heavy atom. The molecule has 110 valence electrons. The first-order valence-electron chi connectivity index (χ1n) is 6.02. The number of aromatic nitrogens is 1. The molecule has 2 rings (SSSR count). The van der Waals surface area contributed by atoms with Gasteiger partial charge in [-0.15, -0.1) is 0 Å². The van der Waals surface area contributed by atoms with E-state index in [1.807, 2.05) is 12.1 Å². The van der Waals surface area contributed by atoms with Crippen LogP contribution in [0.25, 0.3) is 0 Å². The Balaban J connectivity index is 1.91. The third-order valence-corrected chi connectivity index (χ3v) is 3.82. The van der Waals surface area contributed by atoms with Crippen LogP contribution >= 0.6 is 12.2 Å². The zero-order chi connectivity index (χ0) is 15.3. The second kappa shape index (κ2) is 6.61. The fraction of sp³-hybridized carbons (Fsp3) is 0.0769. The molecule has 0 aliphatic heterocycles. The van der Waals surface area contributed by atoms with Gasteiger partial charge in [0.15, 0.2) is 5.11 Å². The number of hydrogen-bond acceptors (Lipinski definition) is 4. The highest BCUT2D eigenvalue weighted by Gasteiger charge is 2.07. The predicted octanol–water partition coefficient (Wildman–Crippen LogP) is 1.22. The number of nitrogens with one attached hydrogen (secondary N) is 2. The standard InChI is InChI=1S/C13H14N4O2S2/c14-21(18,19)12-3-1-11(2-4-12)17-13(20)16-9-10-5-7-15-8-6-10/h1-8H,9H2,(H2,14,18,19)(H2,16,17,20). The lowest BCUT2D eigenvalue weighted by molar-refractivity contribution is 0.598. The summed E-state index contributed by atoms with van der Waals surface area (Å²) in [5, 5.41) is 11.5. The molecule has 8 heteroatoms. The molecule has 0 unspecified atom stereocenters. The van der Waals surface area contributed by atoms with Crippen LogP contribution in [0.4, 0.5) is 5.69 Å². The van der Waals surface area contributed by atoms with E-state index in [-0.39, 0.29) is 4.90 Å². The van der Waals surface area contributed by atoms with E-state index in [9.17, 15) is 8.42 Å². The quantitative estimate of drug-likeness (QED) is 0.732. The number of sulfonamides is 1. The average Bonchev–Trinajstić information content (AvgIpc) is 2.46. The van der Waals surface area contributed by atoms with E-state index < -0.39 is 10.0 Å². The lowest BCUT2D eigenvalue weighted by Gasteiger charge is -2.10. The summed E-state index contributed by atoms with van der Waals surface area (Å²) in [5.41, 5.74) is 1.73. The first kappa shape index (κ1) is 15.4. The van der Waals surface area contributed by atoms with E-state index in [0.717, 1.165) is 5.56 Å². The Morgan fingerprint density at radius 2 is 1.76 bits per heavy atom. The molecule has 2 aromatic rings. The summed E-state index contributed by atoms with van der Waals surface area (Å²) in [6, 6.07) is 9.81. The fourth-order valence-corrected chi connectivity index (χ4v) is 2.29. The van der Waals surface area contributed by atoms with Crippen molar-refractivity contribution in [3.05, 3.63) is 54.4 Å². The number of pyridine rings is 1. The molecule has 4 N–H and O–H groups in total. The van der Waals surface area contributed by atoms with Crippen molar-refractivity contribution in [2.24, 2.45) is 5.14 Å². The normalized spacial score (nSPS) is 10.9. The molecule has 0 bridgehead atoms. The predicted molar refractivity (Wildman–Crippen MR) is 85.1 cm³/mol. The molecular weight excluding hydrogens is 308 g/mol. The zero-order valence-electron chi connectivity index (χ0n) is 11.0. The van der Waals surface area contributed by atoms with E-state index >= 15 is 0 Å². The first-order chi connectivity index (χ1) is 9.95. The Bertz CT molecular complexity index is 716. The van der Waals surface area contributed by atoms with Crippen LogP contribution < -0.4 is 15.8 Å². The number of anilines is 1. The van der Waals surface area contributed by atoms with E-state index in [4.69, 9.17) is 17.4 Å². The summed E-state index contributed by atoms with van der Waals surface area (Å²) in [7, 11) is -3.68. The van der Waals surface area contributed by atoms with Crippen molar-refractivity contribution in [3.8, 4) is 0 Å². The zero-order valence-corrected chi connectivity index (χ0v) is 12.6. The van der Waals surface area contributed by atoms with Crippen molar-refractivity contribution in [1.82, 2.24) is 10.3 Å². The number of primary sulfonamides is 1. The van der Waals surface area contributed by atoms with Gasteiger partial charge in [-0.1, -0.05) is 0 Å². The molecule has 0 spiro atoms. The maximum Gasteiger partial charge on any atom is 0.238 e. The van der Waals surface area contributed by atoms with Crippen molar-refractivity contribution >= 4 is 33.0 Å². The van der Waals surface area contributed by atoms with E-state index in [0.29, 0.717) is 17.3 Å². The van der Waals surface area contributed by atoms with Crippen molar-refractivity contribution < 1.29 is 8.42 Å². The maximum absolute atomic E-state index is 11.1. The first-order valence-corrected chi connectivity index (χ1v) is 7.97. The molecule has 0 aliphatic rings. The highest BCUT2D eigenvalue weighted by atomic mass is 32.2. The molecule has 0 radical (unpaired) electrons. The topological polar surface area (TPSA) is 97.1 Å². The summed E-state index contributed by atoms with van der Waals surface area (Å²) in [6.07, 6.45) is 3.42. The van der Waals surface area contributed by atoms with Gasteiger partial charge in [0.1, 0.15) is 0 Å². The number of rotatable bonds is 4. The average molecular weight is 322 g/mol. The Kier molecular flexibility index (Phi) is 4.84. The van der Waals surface area contributed by atoms with Crippen molar-refractivity contribution in [1.29, 1.82) is 0 Å². The van der Waals surface area contributed by atoms with Gasteiger partial charge in [-0.3, -0.25) is 4.98 Å². The summed E-state index contributed by atoms with van der Waals surface area (Å²) in [6.45, 7) is 0.573. The third-order valence-electron chi connectivity index (χ3n) is 2.64. The van der Waals surface area contributed by atoms with Crippen LogP contribution in [0.1, 0.15) is 5.56 Å². The monoisotopic (exact) mass is 322 g/mol. The summed E-state index contributed by atoms with van der Waals surface area (Å²) >= 11 is 5.16. The van der Waals surface area contributed by atoms with Gasteiger partial charge >= 0.3 is 0 Å². The SMILES string of the molecule is NS(=O)(=O)c1ccc(NC(=S)NCc2ccncc2)cc1. The minimum Gasteiger partial charge on any atom is -0.358 e.